The summed E-state index contributed by atoms with van der Waals surface area (Å²) >= 11 is 0. The van der Waals surface area contributed by atoms with Crippen molar-refractivity contribution in [3.8, 4) is 5.75 Å². The quantitative estimate of drug-likeness (QED) is 0.534. The molecule has 2 aromatic rings. The van der Waals surface area contributed by atoms with Crippen LogP contribution < -0.4 is 15.4 Å². The fraction of sp³-hybridized carbons (Fsp3) is 0.458. The van der Waals surface area contributed by atoms with Gasteiger partial charge >= 0.3 is 0 Å². The Balaban J connectivity index is 1.56. The molecule has 5 nitrogen and oxygen atoms in total. The van der Waals surface area contributed by atoms with Crippen molar-refractivity contribution >= 4 is 5.96 Å². The predicted molar refractivity (Wildman–Crippen MR) is 120 cm³/mol. The van der Waals surface area contributed by atoms with E-state index in [1.807, 2.05) is 6.07 Å². The lowest BCUT2D eigenvalue weighted by atomic mass is 9.97. The van der Waals surface area contributed by atoms with E-state index in [2.05, 4.69) is 64.7 Å². The second-order valence-electron chi connectivity index (χ2n) is 7.83. The van der Waals surface area contributed by atoms with E-state index < -0.39 is 0 Å². The number of ether oxygens (including phenoxy) is 1. The van der Waals surface area contributed by atoms with Gasteiger partial charge in [0.15, 0.2) is 17.5 Å². The van der Waals surface area contributed by atoms with Gasteiger partial charge in [0.1, 0.15) is 0 Å². The van der Waals surface area contributed by atoms with Crippen LogP contribution in [0.2, 0.25) is 0 Å². The second-order valence-corrected chi connectivity index (χ2v) is 7.83. The molecule has 0 radical (unpaired) electrons. The number of piperidine rings is 1. The number of nitrogens with one attached hydrogen (secondary N) is 2. The Bertz CT molecular complexity index is 827. The number of rotatable bonds is 7. The molecule has 0 aliphatic carbocycles. The maximum absolute atomic E-state index is 13.9. The van der Waals surface area contributed by atoms with Crippen LogP contribution in [0.1, 0.15) is 37.8 Å². The van der Waals surface area contributed by atoms with Gasteiger partial charge in [0.2, 0.25) is 0 Å². The van der Waals surface area contributed by atoms with E-state index in [4.69, 9.17) is 4.74 Å². The lowest BCUT2D eigenvalue weighted by Gasteiger charge is -2.38. The van der Waals surface area contributed by atoms with Crippen molar-refractivity contribution in [2.24, 2.45) is 4.99 Å². The average Bonchev–Trinajstić information content (AvgIpc) is 2.75. The van der Waals surface area contributed by atoms with Gasteiger partial charge in [-0.1, -0.05) is 36.4 Å². The summed E-state index contributed by atoms with van der Waals surface area (Å²) in [6.45, 7) is 7.59. The lowest BCUT2D eigenvalue weighted by Crippen LogP contribution is -2.51. The van der Waals surface area contributed by atoms with E-state index in [1.54, 1.807) is 6.07 Å². The molecule has 1 aliphatic heterocycles. The minimum Gasteiger partial charge on any atom is -0.494 e. The first-order valence-electron chi connectivity index (χ1n) is 10.7. The van der Waals surface area contributed by atoms with Crippen molar-refractivity contribution in [3.63, 3.8) is 0 Å². The first kappa shape index (κ1) is 22.1. The molecule has 162 valence electrons. The van der Waals surface area contributed by atoms with Crippen molar-refractivity contribution in [2.45, 2.75) is 51.9 Å². The summed E-state index contributed by atoms with van der Waals surface area (Å²) < 4.78 is 18.9. The van der Waals surface area contributed by atoms with Crippen LogP contribution >= 0.6 is 0 Å². The highest BCUT2D eigenvalue weighted by Gasteiger charge is 2.25. The number of halogens is 1. The lowest BCUT2D eigenvalue weighted by molar-refractivity contribution is 0.134. The number of hydrogen-bond donors (Lipinski definition) is 2. The van der Waals surface area contributed by atoms with Crippen LogP contribution in [-0.2, 0) is 13.1 Å². The Kier molecular flexibility index (Phi) is 8.08. The van der Waals surface area contributed by atoms with Gasteiger partial charge in [-0.2, -0.15) is 0 Å². The minimum atomic E-state index is -0.359. The zero-order valence-electron chi connectivity index (χ0n) is 18.2. The van der Waals surface area contributed by atoms with Crippen molar-refractivity contribution in [3.05, 3.63) is 65.5 Å². The molecule has 6 heteroatoms. The molecular formula is C24H33FN4O. The molecule has 0 saturated carbocycles. The molecule has 1 aliphatic rings. The van der Waals surface area contributed by atoms with E-state index in [9.17, 15) is 4.39 Å². The molecule has 30 heavy (non-hydrogen) atoms. The summed E-state index contributed by atoms with van der Waals surface area (Å²) in [4.78, 5) is 7.20. The molecule has 3 rings (SSSR count). The van der Waals surface area contributed by atoms with E-state index in [1.165, 1.54) is 18.7 Å². The van der Waals surface area contributed by atoms with E-state index in [0.717, 1.165) is 44.0 Å². The van der Waals surface area contributed by atoms with Gasteiger partial charge in [0, 0.05) is 31.7 Å². The first-order valence-corrected chi connectivity index (χ1v) is 10.7. The van der Waals surface area contributed by atoms with Crippen molar-refractivity contribution in [1.29, 1.82) is 0 Å². The number of methoxy groups -OCH3 is 1. The Morgan fingerprint density at radius 3 is 2.67 bits per heavy atom. The molecule has 0 amide bonds. The molecule has 0 spiro atoms. The Hall–Kier alpha value is -2.60. The van der Waals surface area contributed by atoms with Gasteiger partial charge in [-0.05, 0) is 49.9 Å². The van der Waals surface area contributed by atoms with Crippen molar-refractivity contribution in [2.75, 3.05) is 20.2 Å². The third-order valence-corrected chi connectivity index (χ3v) is 5.56. The Morgan fingerprint density at radius 2 is 2.00 bits per heavy atom. The van der Waals surface area contributed by atoms with Crippen LogP contribution in [0.25, 0.3) is 0 Å². The zero-order chi connectivity index (χ0) is 21.3. The summed E-state index contributed by atoms with van der Waals surface area (Å²) in [5, 5.41) is 6.88. The number of hydrogen-bond acceptors (Lipinski definition) is 3. The summed E-state index contributed by atoms with van der Waals surface area (Å²) in [6.07, 6.45) is 2.13. The Morgan fingerprint density at radius 1 is 1.20 bits per heavy atom. The predicted octanol–water partition coefficient (Wildman–Crippen LogP) is 3.94. The monoisotopic (exact) mass is 412 g/mol. The highest BCUT2D eigenvalue weighted by Crippen LogP contribution is 2.20. The van der Waals surface area contributed by atoms with E-state index >= 15 is 0 Å². The molecule has 1 saturated heterocycles. The van der Waals surface area contributed by atoms with Crippen LogP contribution in [-0.4, -0.2) is 43.1 Å². The van der Waals surface area contributed by atoms with E-state index in [0.29, 0.717) is 18.6 Å². The van der Waals surface area contributed by atoms with Gasteiger partial charge in [0.25, 0.3) is 0 Å². The molecule has 2 aromatic carbocycles. The largest absolute Gasteiger partial charge is 0.494 e. The number of guanidine groups is 1. The van der Waals surface area contributed by atoms with Crippen LogP contribution in [0.3, 0.4) is 0 Å². The van der Waals surface area contributed by atoms with Crippen molar-refractivity contribution in [1.82, 2.24) is 15.5 Å². The topological polar surface area (TPSA) is 48.9 Å². The fourth-order valence-electron chi connectivity index (χ4n) is 3.90. The van der Waals surface area contributed by atoms with Gasteiger partial charge in [-0.15, -0.1) is 0 Å². The third-order valence-electron chi connectivity index (χ3n) is 5.56. The highest BCUT2D eigenvalue weighted by atomic mass is 19.1. The second kappa shape index (κ2) is 11.0. The molecule has 1 heterocycles. The normalized spacial score (nSPS) is 20.1. The molecule has 0 bridgehead atoms. The first-order chi connectivity index (χ1) is 14.6. The number of likely N-dealkylation sites (tertiary alicyclic amines) is 1. The van der Waals surface area contributed by atoms with Gasteiger partial charge in [-0.25, -0.2) is 9.38 Å². The van der Waals surface area contributed by atoms with Crippen LogP contribution in [0.4, 0.5) is 4.39 Å². The number of aliphatic imine (C=N–C) groups is 1. The van der Waals surface area contributed by atoms with Crippen LogP contribution in [0.5, 0.6) is 5.75 Å². The smallest absolute Gasteiger partial charge is 0.191 e. The summed E-state index contributed by atoms with van der Waals surface area (Å²) in [6, 6.07) is 16.5. The van der Waals surface area contributed by atoms with Crippen molar-refractivity contribution < 1.29 is 9.13 Å². The number of benzene rings is 2. The number of nitrogens with zero attached hydrogens (tertiary/aromatic N) is 2. The summed E-state index contributed by atoms with van der Waals surface area (Å²) in [5.41, 5.74) is 2.17. The summed E-state index contributed by atoms with van der Waals surface area (Å²) in [7, 11) is 1.47. The van der Waals surface area contributed by atoms with Gasteiger partial charge < -0.3 is 15.4 Å². The van der Waals surface area contributed by atoms with E-state index in [-0.39, 0.29) is 11.6 Å². The van der Waals surface area contributed by atoms with Gasteiger partial charge in [-0.3, -0.25) is 4.90 Å². The fourth-order valence-corrected chi connectivity index (χ4v) is 3.90. The van der Waals surface area contributed by atoms with Gasteiger partial charge in [0.05, 0.1) is 13.7 Å². The molecule has 2 atom stereocenters. The third kappa shape index (κ3) is 6.20. The van der Waals surface area contributed by atoms with Crippen LogP contribution in [0.15, 0.2) is 53.5 Å². The zero-order valence-corrected chi connectivity index (χ0v) is 18.2. The maximum atomic E-state index is 13.9. The molecule has 1 fully saturated rings. The summed E-state index contributed by atoms with van der Waals surface area (Å²) in [5.74, 6) is 0.675. The van der Waals surface area contributed by atoms with Crippen LogP contribution in [0, 0.1) is 5.82 Å². The molecule has 2 unspecified atom stereocenters. The molecule has 0 aromatic heterocycles. The minimum absolute atomic E-state index is 0.254. The molecular weight excluding hydrogens is 379 g/mol. The SMILES string of the molecule is CCNC(=NCc1ccc(OC)c(F)c1)NC1CCN(Cc2ccccc2)C(C)C1. The Labute approximate surface area is 179 Å². The highest BCUT2D eigenvalue weighted by molar-refractivity contribution is 5.80. The standard InChI is InChI=1S/C24H33FN4O/c1-4-26-24(27-16-20-10-11-23(30-3)22(25)15-20)28-21-12-13-29(18(2)14-21)17-19-8-6-5-7-9-19/h5-11,15,18,21H,4,12-14,16-17H2,1-3H3,(H2,26,27,28). The average molecular weight is 413 g/mol. The molecule has 2 N–H and O–H groups in total. The maximum Gasteiger partial charge on any atom is 0.191 e.